The van der Waals surface area contributed by atoms with E-state index in [0.717, 1.165) is 23.1 Å². The lowest BCUT2D eigenvalue weighted by Gasteiger charge is -2.07. The topological polar surface area (TPSA) is 35.2 Å². The van der Waals surface area contributed by atoms with Crippen LogP contribution in [0.15, 0.2) is 22.7 Å². The number of hydrogen-bond donors (Lipinski definition) is 1. The zero-order chi connectivity index (χ0) is 10.6. The molecule has 0 saturated carbocycles. The summed E-state index contributed by atoms with van der Waals surface area (Å²) in [6, 6.07) is 6.39. The molecule has 0 bridgehead atoms. The summed E-state index contributed by atoms with van der Waals surface area (Å²) in [6.45, 7) is 2.03. The zero-order valence-electron chi connectivity index (χ0n) is 8.59. The lowest BCUT2D eigenvalue weighted by Crippen LogP contribution is -2.15. The molecule has 0 saturated heterocycles. The molecule has 1 aromatic rings. The molecule has 1 aromatic carbocycles. The molecule has 0 radical (unpaired) electrons. The van der Waals surface area contributed by atoms with Gasteiger partial charge in [-0.05, 0) is 53.4 Å². The van der Waals surface area contributed by atoms with Gasteiger partial charge in [0.25, 0.3) is 0 Å². The van der Waals surface area contributed by atoms with Gasteiger partial charge in [-0.2, -0.15) is 0 Å². The summed E-state index contributed by atoms with van der Waals surface area (Å²) in [4.78, 5) is 0. The lowest BCUT2D eigenvalue weighted by atomic mass is 10.1. The van der Waals surface area contributed by atoms with Gasteiger partial charge in [-0.3, -0.25) is 0 Å². The molecule has 14 heavy (non-hydrogen) atoms. The summed E-state index contributed by atoms with van der Waals surface area (Å²) >= 11 is 3.46. The SMILES string of the molecule is COc1ccc(CCC(C)N)cc1Br. The third-order valence-electron chi connectivity index (χ3n) is 2.10. The van der Waals surface area contributed by atoms with Gasteiger partial charge in [0.15, 0.2) is 0 Å². The van der Waals surface area contributed by atoms with E-state index >= 15 is 0 Å². The fraction of sp³-hybridized carbons (Fsp3) is 0.455. The van der Waals surface area contributed by atoms with Gasteiger partial charge in [0.1, 0.15) is 5.75 Å². The summed E-state index contributed by atoms with van der Waals surface area (Å²) in [5.74, 6) is 0.870. The summed E-state index contributed by atoms with van der Waals surface area (Å²) < 4.78 is 6.16. The Morgan fingerprint density at radius 1 is 1.50 bits per heavy atom. The monoisotopic (exact) mass is 257 g/mol. The Morgan fingerprint density at radius 2 is 2.21 bits per heavy atom. The highest BCUT2D eigenvalue weighted by atomic mass is 79.9. The van der Waals surface area contributed by atoms with E-state index in [4.69, 9.17) is 10.5 Å². The van der Waals surface area contributed by atoms with Gasteiger partial charge < -0.3 is 10.5 Å². The van der Waals surface area contributed by atoms with Crippen molar-refractivity contribution in [3.63, 3.8) is 0 Å². The molecule has 0 aliphatic carbocycles. The number of rotatable bonds is 4. The van der Waals surface area contributed by atoms with Gasteiger partial charge in [-0.25, -0.2) is 0 Å². The molecule has 3 heteroatoms. The zero-order valence-corrected chi connectivity index (χ0v) is 10.2. The van der Waals surface area contributed by atoms with Crippen LogP contribution in [0.4, 0.5) is 0 Å². The van der Waals surface area contributed by atoms with Crippen LogP contribution in [0.3, 0.4) is 0 Å². The molecular weight excluding hydrogens is 242 g/mol. The number of halogens is 1. The van der Waals surface area contributed by atoms with Crippen LogP contribution in [0.25, 0.3) is 0 Å². The Kier molecular flexibility index (Phi) is 4.42. The van der Waals surface area contributed by atoms with Crippen LogP contribution in [0.5, 0.6) is 5.75 Å². The van der Waals surface area contributed by atoms with E-state index in [9.17, 15) is 0 Å². The maximum Gasteiger partial charge on any atom is 0.133 e. The first-order chi connectivity index (χ1) is 6.63. The van der Waals surface area contributed by atoms with Crippen molar-refractivity contribution in [2.75, 3.05) is 7.11 Å². The summed E-state index contributed by atoms with van der Waals surface area (Å²) in [5.41, 5.74) is 6.98. The van der Waals surface area contributed by atoms with Gasteiger partial charge in [0.2, 0.25) is 0 Å². The van der Waals surface area contributed by atoms with Crippen molar-refractivity contribution >= 4 is 15.9 Å². The Labute approximate surface area is 93.6 Å². The molecule has 0 spiro atoms. The van der Waals surface area contributed by atoms with Crippen LogP contribution >= 0.6 is 15.9 Å². The number of aryl methyl sites for hydroxylation is 1. The maximum absolute atomic E-state index is 5.70. The van der Waals surface area contributed by atoms with E-state index in [-0.39, 0.29) is 6.04 Å². The Balaban J connectivity index is 2.66. The smallest absolute Gasteiger partial charge is 0.133 e. The van der Waals surface area contributed by atoms with Crippen molar-refractivity contribution in [2.45, 2.75) is 25.8 Å². The summed E-state index contributed by atoms with van der Waals surface area (Å²) in [5, 5.41) is 0. The molecule has 0 fully saturated rings. The maximum atomic E-state index is 5.70. The van der Waals surface area contributed by atoms with E-state index in [1.165, 1.54) is 5.56 Å². The highest BCUT2D eigenvalue weighted by Gasteiger charge is 2.02. The van der Waals surface area contributed by atoms with E-state index in [0.29, 0.717) is 0 Å². The van der Waals surface area contributed by atoms with Crippen LogP contribution in [0.2, 0.25) is 0 Å². The van der Waals surface area contributed by atoms with Crippen LogP contribution in [0.1, 0.15) is 18.9 Å². The third-order valence-corrected chi connectivity index (χ3v) is 2.72. The Bertz CT molecular complexity index is 299. The van der Waals surface area contributed by atoms with Crippen molar-refractivity contribution < 1.29 is 4.74 Å². The van der Waals surface area contributed by atoms with Crippen LogP contribution in [-0.4, -0.2) is 13.2 Å². The molecule has 0 aromatic heterocycles. The second-order valence-corrected chi connectivity index (χ2v) is 4.34. The minimum absolute atomic E-state index is 0.260. The average molecular weight is 258 g/mol. The van der Waals surface area contributed by atoms with Crippen molar-refractivity contribution in [1.82, 2.24) is 0 Å². The molecule has 0 aliphatic rings. The number of nitrogens with two attached hydrogens (primary N) is 1. The van der Waals surface area contributed by atoms with Crippen molar-refractivity contribution in [3.05, 3.63) is 28.2 Å². The van der Waals surface area contributed by atoms with Gasteiger partial charge >= 0.3 is 0 Å². The molecule has 78 valence electrons. The first-order valence-corrected chi connectivity index (χ1v) is 5.50. The number of hydrogen-bond acceptors (Lipinski definition) is 2. The van der Waals surface area contributed by atoms with E-state index in [1.54, 1.807) is 7.11 Å². The largest absolute Gasteiger partial charge is 0.496 e. The van der Waals surface area contributed by atoms with Gasteiger partial charge in [0, 0.05) is 6.04 Å². The van der Waals surface area contributed by atoms with E-state index in [2.05, 4.69) is 28.1 Å². The predicted octanol–water partition coefficient (Wildman–Crippen LogP) is 2.74. The van der Waals surface area contributed by atoms with Crippen molar-refractivity contribution in [1.29, 1.82) is 0 Å². The van der Waals surface area contributed by atoms with E-state index < -0.39 is 0 Å². The van der Waals surface area contributed by atoms with Gasteiger partial charge in [0.05, 0.1) is 11.6 Å². The molecule has 2 nitrogen and oxygen atoms in total. The molecule has 2 N–H and O–H groups in total. The molecule has 0 aliphatic heterocycles. The van der Waals surface area contributed by atoms with Gasteiger partial charge in [-0.15, -0.1) is 0 Å². The fourth-order valence-corrected chi connectivity index (χ4v) is 1.85. The third kappa shape index (κ3) is 3.31. The quantitative estimate of drug-likeness (QED) is 0.901. The van der Waals surface area contributed by atoms with E-state index in [1.807, 2.05) is 13.0 Å². The molecule has 1 atom stereocenters. The fourth-order valence-electron chi connectivity index (χ4n) is 1.26. The van der Waals surface area contributed by atoms with Crippen LogP contribution < -0.4 is 10.5 Å². The first-order valence-electron chi connectivity index (χ1n) is 4.71. The number of benzene rings is 1. The normalized spacial score (nSPS) is 12.6. The number of ether oxygens (including phenoxy) is 1. The molecule has 0 amide bonds. The molecular formula is C11H16BrNO. The standard InChI is InChI=1S/C11H16BrNO/c1-8(13)3-4-9-5-6-11(14-2)10(12)7-9/h5-8H,3-4,13H2,1-2H3. The Hall–Kier alpha value is -0.540. The molecule has 1 rings (SSSR count). The second kappa shape index (κ2) is 5.37. The minimum Gasteiger partial charge on any atom is -0.496 e. The number of methoxy groups -OCH3 is 1. The second-order valence-electron chi connectivity index (χ2n) is 3.48. The molecule has 0 heterocycles. The highest BCUT2D eigenvalue weighted by Crippen LogP contribution is 2.25. The first kappa shape index (κ1) is 11.5. The minimum atomic E-state index is 0.260. The highest BCUT2D eigenvalue weighted by molar-refractivity contribution is 9.10. The van der Waals surface area contributed by atoms with Crippen molar-refractivity contribution in [3.8, 4) is 5.75 Å². The van der Waals surface area contributed by atoms with Crippen molar-refractivity contribution in [2.24, 2.45) is 5.73 Å². The van der Waals surface area contributed by atoms with Crippen LogP contribution in [-0.2, 0) is 6.42 Å². The Morgan fingerprint density at radius 3 is 2.71 bits per heavy atom. The molecule has 1 unspecified atom stereocenters. The van der Waals surface area contributed by atoms with Gasteiger partial charge in [-0.1, -0.05) is 6.07 Å². The lowest BCUT2D eigenvalue weighted by molar-refractivity contribution is 0.412. The summed E-state index contributed by atoms with van der Waals surface area (Å²) in [6.07, 6.45) is 2.03. The van der Waals surface area contributed by atoms with Crippen LogP contribution in [0, 0.1) is 0 Å². The predicted molar refractivity (Wildman–Crippen MR) is 62.7 cm³/mol. The summed E-state index contributed by atoms with van der Waals surface area (Å²) in [7, 11) is 1.67. The average Bonchev–Trinajstić information content (AvgIpc) is 2.15.